The first kappa shape index (κ1) is 8.01. The van der Waals surface area contributed by atoms with E-state index in [-0.39, 0.29) is 22.2 Å². The number of nitrogens with two attached hydrogens (primary N) is 1. The average molecular weight is 174 g/mol. The van der Waals surface area contributed by atoms with Crippen LogP contribution in [0.3, 0.4) is 0 Å². The first-order valence-corrected chi connectivity index (χ1v) is 3.38. The van der Waals surface area contributed by atoms with Crippen LogP contribution in [-0.4, -0.2) is 10.2 Å². The normalized spacial score (nSPS) is 10.0. The lowest BCUT2D eigenvalue weighted by Gasteiger charge is -2.05. The van der Waals surface area contributed by atoms with Crippen LogP contribution >= 0.6 is 11.6 Å². The van der Waals surface area contributed by atoms with Gasteiger partial charge in [0.15, 0.2) is 0 Å². The largest absolute Gasteiger partial charge is 0.506 e. The minimum Gasteiger partial charge on any atom is -0.506 e. The van der Waals surface area contributed by atoms with Gasteiger partial charge in [0.25, 0.3) is 0 Å². The summed E-state index contributed by atoms with van der Waals surface area (Å²) in [5.74, 6) is -0.188. The molecular formula is C7H8ClNO2. The summed E-state index contributed by atoms with van der Waals surface area (Å²) in [4.78, 5) is 0. The van der Waals surface area contributed by atoms with Gasteiger partial charge in [0, 0.05) is 0 Å². The molecule has 4 N–H and O–H groups in total. The van der Waals surface area contributed by atoms with Crippen LogP contribution in [0.5, 0.6) is 11.5 Å². The minimum atomic E-state index is -0.106. The van der Waals surface area contributed by atoms with E-state index in [1.807, 2.05) is 0 Å². The van der Waals surface area contributed by atoms with E-state index in [9.17, 15) is 5.11 Å². The molecule has 1 aromatic carbocycles. The van der Waals surface area contributed by atoms with E-state index < -0.39 is 0 Å². The minimum absolute atomic E-state index is 0.00231. The van der Waals surface area contributed by atoms with Crippen molar-refractivity contribution in [3.8, 4) is 11.5 Å². The summed E-state index contributed by atoms with van der Waals surface area (Å²) >= 11 is 5.55. The molecule has 0 heterocycles. The van der Waals surface area contributed by atoms with Crippen LogP contribution in [0, 0.1) is 6.92 Å². The molecule has 0 saturated heterocycles. The molecule has 0 saturated carbocycles. The molecule has 0 bridgehead atoms. The summed E-state index contributed by atoms with van der Waals surface area (Å²) in [5.41, 5.74) is 5.82. The number of rotatable bonds is 0. The van der Waals surface area contributed by atoms with Gasteiger partial charge in [0.2, 0.25) is 0 Å². The molecule has 0 aliphatic carbocycles. The van der Waals surface area contributed by atoms with Crippen molar-refractivity contribution in [1.29, 1.82) is 0 Å². The lowest BCUT2D eigenvalue weighted by atomic mass is 10.2. The monoisotopic (exact) mass is 173 g/mol. The highest BCUT2D eigenvalue weighted by Gasteiger charge is 2.09. The highest BCUT2D eigenvalue weighted by atomic mass is 35.5. The molecule has 0 fully saturated rings. The molecule has 0 amide bonds. The zero-order valence-corrected chi connectivity index (χ0v) is 6.68. The van der Waals surface area contributed by atoms with Crippen molar-refractivity contribution in [2.24, 2.45) is 0 Å². The summed E-state index contributed by atoms with van der Waals surface area (Å²) in [6, 6.07) is 1.36. The third-order valence-corrected chi connectivity index (χ3v) is 1.83. The molecule has 0 atom stereocenters. The van der Waals surface area contributed by atoms with Gasteiger partial charge in [0.1, 0.15) is 16.5 Å². The summed E-state index contributed by atoms with van der Waals surface area (Å²) < 4.78 is 0. The Bertz CT molecular complexity index is 273. The number of benzene rings is 1. The summed E-state index contributed by atoms with van der Waals surface area (Å²) in [6.45, 7) is 1.63. The fourth-order valence-electron chi connectivity index (χ4n) is 0.764. The second-order valence-corrected chi connectivity index (χ2v) is 2.67. The van der Waals surface area contributed by atoms with E-state index in [1.54, 1.807) is 6.92 Å². The van der Waals surface area contributed by atoms with Crippen LogP contribution < -0.4 is 5.73 Å². The van der Waals surface area contributed by atoms with Crippen LogP contribution in [0.25, 0.3) is 0 Å². The van der Waals surface area contributed by atoms with E-state index >= 15 is 0 Å². The van der Waals surface area contributed by atoms with Gasteiger partial charge in [0.05, 0.1) is 5.69 Å². The van der Waals surface area contributed by atoms with Crippen molar-refractivity contribution in [2.75, 3.05) is 5.73 Å². The number of anilines is 1. The zero-order valence-electron chi connectivity index (χ0n) is 5.93. The Morgan fingerprint density at radius 3 is 2.55 bits per heavy atom. The first-order chi connectivity index (χ1) is 5.04. The summed E-state index contributed by atoms with van der Waals surface area (Å²) in [5, 5.41) is 18.3. The topological polar surface area (TPSA) is 66.5 Å². The smallest absolute Gasteiger partial charge is 0.140 e. The Morgan fingerprint density at radius 1 is 1.45 bits per heavy atom. The van der Waals surface area contributed by atoms with E-state index in [0.717, 1.165) is 0 Å². The molecule has 1 rings (SSSR count). The Kier molecular flexibility index (Phi) is 1.83. The van der Waals surface area contributed by atoms with E-state index in [2.05, 4.69) is 0 Å². The number of nitrogen functional groups attached to an aromatic ring is 1. The van der Waals surface area contributed by atoms with Crippen molar-refractivity contribution in [2.45, 2.75) is 6.92 Å². The van der Waals surface area contributed by atoms with Crippen LogP contribution in [-0.2, 0) is 0 Å². The van der Waals surface area contributed by atoms with Gasteiger partial charge in [-0.05, 0) is 18.6 Å². The molecule has 0 aromatic heterocycles. The Hall–Kier alpha value is -1.09. The quantitative estimate of drug-likeness (QED) is 0.318. The van der Waals surface area contributed by atoms with Gasteiger partial charge in [-0.25, -0.2) is 0 Å². The van der Waals surface area contributed by atoms with E-state index in [1.165, 1.54) is 6.07 Å². The van der Waals surface area contributed by atoms with Crippen LogP contribution in [0.2, 0.25) is 5.02 Å². The van der Waals surface area contributed by atoms with Crippen molar-refractivity contribution in [3.63, 3.8) is 0 Å². The number of aromatic hydroxyl groups is 2. The maximum Gasteiger partial charge on any atom is 0.140 e. The Morgan fingerprint density at radius 2 is 2.00 bits per heavy atom. The number of hydrogen-bond donors (Lipinski definition) is 3. The second kappa shape index (κ2) is 2.51. The molecule has 0 unspecified atom stereocenters. The third kappa shape index (κ3) is 1.19. The highest BCUT2D eigenvalue weighted by Crippen LogP contribution is 2.38. The molecule has 0 spiro atoms. The van der Waals surface area contributed by atoms with E-state index in [4.69, 9.17) is 22.4 Å². The van der Waals surface area contributed by atoms with Crippen LogP contribution in [0.1, 0.15) is 5.56 Å². The molecule has 3 nitrogen and oxygen atoms in total. The lowest BCUT2D eigenvalue weighted by molar-refractivity contribution is 0.459. The van der Waals surface area contributed by atoms with Gasteiger partial charge in [-0.3, -0.25) is 0 Å². The fraction of sp³-hybridized carbons (Fsp3) is 0.143. The predicted octanol–water partition coefficient (Wildman–Crippen LogP) is 1.64. The van der Waals surface area contributed by atoms with Gasteiger partial charge >= 0.3 is 0 Å². The number of phenols is 2. The average Bonchev–Trinajstić information content (AvgIpc) is 1.97. The number of halogens is 1. The summed E-state index contributed by atoms with van der Waals surface area (Å²) in [6.07, 6.45) is 0. The lowest BCUT2D eigenvalue weighted by Crippen LogP contribution is -1.88. The predicted molar refractivity (Wildman–Crippen MR) is 43.9 cm³/mol. The number of aryl methyl sites for hydroxylation is 1. The van der Waals surface area contributed by atoms with Crippen LogP contribution in [0.15, 0.2) is 6.07 Å². The molecule has 0 aliphatic rings. The molecule has 1 aromatic rings. The highest BCUT2D eigenvalue weighted by molar-refractivity contribution is 6.35. The molecule has 11 heavy (non-hydrogen) atoms. The Balaban J connectivity index is 3.46. The van der Waals surface area contributed by atoms with Gasteiger partial charge in [-0.1, -0.05) is 11.6 Å². The summed E-state index contributed by atoms with van der Waals surface area (Å²) in [7, 11) is 0. The van der Waals surface area contributed by atoms with Crippen molar-refractivity contribution in [1.82, 2.24) is 0 Å². The first-order valence-electron chi connectivity index (χ1n) is 3.00. The molecule has 4 heteroatoms. The van der Waals surface area contributed by atoms with Crippen molar-refractivity contribution in [3.05, 3.63) is 16.7 Å². The van der Waals surface area contributed by atoms with E-state index in [0.29, 0.717) is 5.56 Å². The Labute approximate surface area is 69.0 Å². The van der Waals surface area contributed by atoms with Crippen molar-refractivity contribution >= 4 is 17.3 Å². The molecule has 0 aliphatic heterocycles. The second-order valence-electron chi connectivity index (χ2n) is 2.29. The number of hydrogen-bond acceptors (Lipinski definition) is 3. The SMILES string of the molecule is Cc1cc(O)c(N)c(Cl)c1O. The van der Waals surface area contributed by atoms with Gasteiger partial charge < -0.3 is 15.9 Å². The molecule has 60 valence electrons. The maximum absolute atomic E-state index is 9.19. The molecular weight excluding hydrogens is 166 g/mol. The zero-order chi connectivity index (χ0) is 8.59. The third-order valence-electron chi connectivity index (χ3n) is 1.45. The van der Waals surface area contributed by atoms with Gasteiger partial charge in [-0.15, -0.1) is 0 Å². The fourth-order valence-corrected chi connectivity index (χ4v) is 1.01. The number of phenolic OH excluding ortho intramolecular Hbond substituents is 2. The van der Waals surface area contributed by atoms with Crippen molar-refractivity contribution < 1.29 is 10.2 Å². The van der Waals surface area contributed by atoms with Gasteiger partial charge in [-0.2, -0.15) is 0 Å². The van der Waals surface area contributed by atoms with Crippen LogP contribution in [0.4, 0.5) is 5.69 Å². The molecule has 0 radical (unpaired) electrons. The maximum atomic E-state index is 9.19. The standard InChI is InChI=1S/C7H8ClNO2/c1-3-2-4(10)6(9)5(8)7(3)11/h2,10-11H,9H2,1H3.